The van der Waals surface area contributed by atoms with E-state index in [9.17, 15) is 19.5 Å². The molecule has 2 aromatic carbocycles. The van der Waals surface area contributed by atoms with Gasteiger partial charge < -0.3 is 29.2 Å². The van der Waals surface area contributed by atoms with Gasteiger partial charge in [0.15, 0.2) is 11.6 Å². The highest BCUT2D eigenvalue weighted by molar-refractivity contribution is 5.98. The lowest BCUT2D eigenvalue weighted by Gasteiger charge is -2.25. The van der Waals surface area contributed by atoms with Crippen molar-refractivity contribution in [3.63, 3.8) is 0 Å². The van der Waals surface area contributed by atoms with Crippen LogP contribution in [0, 0.1) is 0 Å². The molecule has 0 bridgehead atoms. The molecule has 0 aromatic heterocycles. The minimum absolute atomic E-state index is 0.0377. The van der Waals surface area contributed by atoms with Crippen molar-refractivity contribution in [2.45, 2.75) is 52.6 Å². The third kappa shape index (κ3) is 6.44. The van der Waals surface area contributed by atoms with Gasteiger partial charge in [0.05, 0.1) is 24.3 Å². The number of benzene rings is 2. The van der Waals surface area contributed by atoms with Crippen LogP contribution in [0.15, 0.2) is 24.3 Å². The summed E-state index contributed by atoms with van der Waals surface area (Å²) in [5, 5.41) is 19.3. The lowest BCUT2D eigenvalue weighted by Crippen LogP contribution is -2.30. The van der Waals surface area contributed by atoms with E-state index in [1.807, 2.05) is 6.92 Å². The number of carbonyl (C=O) groups is 3. The van der Waals surface area contributed by atoms with Gasteiger partial charge in [-0.3, -0.25) is 9.59 Å². The van der Waals surface area contributed by atoms with E-state index in [1.54, 1.807) is 24.3 Å². The lowest BCUT2D eigenvalue weighted by atomic mass is 9.99. The summed E-state index contributed by atoms with van der Waals surface area (Å²) in [6.07, 6.45) is 0.170. The van der Waals surface area contributed by atoms with Gasteiger partial charge in [-0.05, 0) is 44.0 Å². The van der Waals surface area contributed by atoms with Gasteiger partial charge in [-0.2, -0.15) is 0 Å². The first kappa shape index (κ1) is 25.9. The average Bonchev–Trinajstić information content (AvgIpc) is 2.79. The minimum Gasteiger partial charge on any atom is -0.507 e. The highest BCUT2D eigenvalue weighted by Crippen LogP contribution is 2.35. The van der Waals surface area contributed by atoms with E-state index in [2.05, 4.69) is 0 Å². The van der Waals surface area contributed by atoms with Crippen LogP contribution in [0.4, 0.5) is 4.79 Å². The standard InChI is InChI=1S/C26H30O9/c1-4-6-20-22(8-7-19(15(2)27)25(20)29)32-9-5-10-33-24-13-23-17(12-21(24)16(3)28)11-18(14-34-23)35-26(30)31/h7-8,12-13,18,29H,4-6,9-11,14H2,1-3H3,(H,30,31). The number of aromatic hydroxyl groups is 1. The molecule has 9 heteroatoms. The number of phenolic OH excluding ortho intramolecular Hbond substituents is 1. The van der Waals surface area contributed by atoms with E-state index in [1.165, 1.54) is 13.8 Å². The fourth-order valence-electron chi connectivity index (χ4n) is 3.95. The molecule has 0 fully saturated rings. The maximum absolute atomic E-state index is 12.2. The molecule has 9 nitrogen and oxygen atoms in total. The first-order chi connectivity index (χ1) is 16.7. The van der Waals surface area contributed by atoms with Gasteiger partial charge in [0.2, 0.25) is 0 Å². The number of fused-ring (bicyclic) bond motifs is 1. The van der Waals surface area contributed by atoms with Crippen molar-refractivity contribution in [3.8, 4) is 23.0 Å². The van der Waals surface area contributed by atoms with E-state index in [-0.39, 0.29) is 36.1 Å². The number of ether oxygens (including phenoxy) is 4. The Morgan fingerprint density at radius 1 is 1.03 bits per heavy atom. The predicted molar refractivity (Wildman–Crippen MR) is 126 cm³/mol. The fraction of sp³-hybridized carbons (Fsp3) is 0.423. The number of ketones is 2. The van der Waals surface area contributed by atoms with Crippen molar-refractivity contribution in [2.24, 2.45) is 0 Å². The summed E-state index contributed by atoms with van der Waals surface area (Å²) in [4.78, 5) is 34.7. The minimum atomic E-state index is -1.37. The molecule has 0 saturated heterocycles. The van der Waals surface area contributed by atoms with E-state index >= 15 is 0 Å². The maximum Gasteiger partial charge on any atom is 0.506 e. The van der Waals surface area contributed by atoms with E-state index in [4.69, 9.17) is 24.1 Å². The molecule has 1 atom stereocenters. The Morgan fingerprint density at radius 2 is 1.71 bits per heavy atom. The zero-order valence-electron chi connectivity index (χ0n) is 20.1. The van der Waals surface area contributed by atoms with Crippen molar-refractivity contribution in [2.75, 3.05) is 19.8 Å². The van der Waals surface area contributed by atoms with Gasteiger partial charge in [0.25, 0.3) is 0 Å². The van der Waals surface area contributed by atoms with Crippen molar-refractivity contribution in [1.29, 1.82) is 0 Å². The van der Waals surface area contributed by atoms with Gasteiger partial charge in [-0.25, -0.2) is 4.79 Å². The predicted octanol–water partition coefficient (Wildman–Crippen LogP) is 4.60. The molecule has 1 aliphatic rings. The lowest BCUT2D eigenvalue weighted by molar-refractivity contribution is 0.0227. The molecule has 1 unspecified atom stereocenters. The molecular weight excluding hydrogens is 456 g/mol. The topological polar surface area (TPSA) is 129 Å². The van der Waals surface area contributed by atoms with Crippen LogP contribution in [0.5, 0.6) is 23.0 Å². The number of rotatable bonds is 11. The van der Waals surface area contributed by atoms with Crippen LogP contribution in [-0.2, 0) is 17.6 Å². The molecule has 0 saturated carbocycles. The van der Waals surface area contributed by atoms with Crippen LogP contribution in [-0.4, -0.2) is 53.9 Å². The Balaban J connectivity index is 1.62. The molecule has 0 radical (unpaired) electrons. The van der Waals surface area contributed by atoms with Gasteiger partial charge in [0.1, 0.15) is 35.7 Å². The van der Waals surface area contributed by atoms with Crippen molar-refractivity contribution in [1.82, 2.24) is 0 Å². The van der Waals surface area contributed by atoms with Gasteiger partial charge in [-0.15, -0.1) is 0 Å². The Bertz CT molecular complexity index is 1110. The zero-order chi connectivity index (χ0) is 25.5. The second-order valence-corrected chi connectivity index (χ2v) is 8.33. The molecule has 1 heterocycles. The van der Waals surface area contributed by atoms with E-state index in [0.29, 0.717) is 59.8 Å². The van der Waals surface area contributed by atoms with E-state index in [0.717, 1.165) is 6.42 Å². The van der Waals surface area contributed by atoms with Crippen LogP contribution in [0.25, 0.3) is 0 Å². The number of carbonyl (C=O) groups excluding carboxylic acids is 2. The largest absolute Gasteiger partial charge is 0.507 e. The molecular formula is C26H30O9. The maximum atomic E-state index is 12.2. The molecule has 3 rings (SSSR count). The number of hydrogen-bond donors (Lipinski definition) is 2. The van der Waals surface area contributed by atoms with Crippen molar-refractivity contribution < 1.29 is 43.5 Å². The second kappa shape index (κ2) is 11.6. The summed E-state index contributed by atoms with van der Waals surface area (Å²) in [7, 11) is 0. The SMILES string of the molecule is CCCc1c(OCCCOc2cc3c(cc2C(C)=O)CC(OC(=O)O)CO3)ccc(C(C)=O)c1O. The highest BCUT2D eigenvalue weighted by atomic mass is 16.7. The fourth-order valence-corrected chi connectivity index (χ4v) is 3.95. The Hall–Kier alpha value is -3.75. The van der Waals surface area contributed by atoms with Crippen LogP contribution in [0.1, 0.15) is 65.5 Å². The van der Waals surface area contributed by atoms with E-state index < -0.39 is 12.3 Å². The van der Waals surface area contributed by atoms with Crippen LogP contribution in [0.2, 0.25) is 0 Å². The van der Waals surface area contributed by atoms with Crippen molar-refractivity contribution >= 4 is 17.7 Å². The summed E-state index contributed by atoms with van der Waals surface area (Å²) >= 11 is 0. The van der Waals surface area contributed by atoms with Gasteiger partial charge >= 0.3 is 6.16 Å². The zero-order valence-corrected chi connectivity index (χ0v) is 20.1. The average molecular weight is 487 g/mol. The molecule has 2 aromatic rings. The van der Waals surface area contributed by atoms with Gasteiger partial charge in [-0.1, -0.05) is 13.3 Å². The molecule has 2 N–H and O–H groups in total. The summed E-state index contributed by atoms with van der Waals surface area (Å²) in [5.41, 5.74) is 1.94. The quantitative estimate of drug-likeness (QED) is 0.266. The van der Waals surface area contributed by atoms with Crippen LogP contribution >= 0.6 is 0 Å². The first-order valence-electron chi connectivity index (χ1n) is 11.5. The third-order valence-corrected chi connectivity index (χ3v) is 5.60. The monoisotopic (exact) mass is 486 g/mol. The van der Waals surface area contributed by atoms with Crippen LogP contribution in [0.3, 0.4) is 0 Å². The first-order valence-corrected chi connectivity index (χ1v) is 11.5. The molecule has 188 valence electrons. The summed E-state index contributed by atoms with van der Waals surface area (Å²) in [6.45, 7) is 5.48. The molecule has 35 heavy (non-hydrogen) atoms. The molecule has 0 aliphatic carbocycles. The van der Waals surface area contributed by atoms with Gasteiger partial charge in [0, 0.05) is 24.5 Å². The number of hydrogen-bond acceptors (Lipinski definition) is 8. The molecule has 0 amide bonds. The summed E-state index contributed by atoms with van der Waals surface area (Å²) < 4.78 is 22.1. The molecule has 0 spiro atoms. The van der Waals surface area contributed by atoms with Crippen LogP contribution < -0.4 is 14.2 Å². The Morgan fingerprint density at radius 3 is 2.34 bits per heavy atom. The normalized spacial score (nSPS) is 14.4. The molecule has 1 aliphatic heterocycles. The Kier molecular flexibility index (Phi) is 8.57. The Labute approximate surface area is 203 Å². The summed E-state index contributed by atoms with van der Waals surface area (Å²) in [5.74, 6) is 0.995. The smallest absolute Gasteiger partial charge is 0.506 e. The third-order valence-electron chi connectivity index (χ3n) is 5.60. The number of carboxylic acid groups (broad SMARTS) is 1. The summed E-state index contributed by atoms with van der Waals surface area (Å²) in [6, 6.07) is 6.54. The second-order valence-electron chi connectivity index (χ2n) is 8.33. The van der Waals surface area contributed by atoms with Crippen molar-refractivity contribution in [3.05, 3.63) is 46.5 Å². The highest BCUT2D eigenvalue weighted by Gasteiger charge is 2.26. The number of phenols is 1. The number of Topliss-reactive ketones (excluding diaryl/α,β-unsaturated/α-hetero) is 2.